The molecule has 0 spiro atoms. The Bertz CT molecular complexity index is 592. The predicted octanol–water partition coefficient (Wildman–Crippen LogP) is 3.98. The third kappa shape index (κ3) is 3.30. The molecular formula is C14H16Cl2N2O2S. The molecule has 0 aliphatic heterocycles. The van der Waals surface area contributed by atoms with E-state index in [1.165, 1.54) is 4.90 Å². The van der Waals surface area contributed by atoms with Crippen LogP contribution in [0.2, 0.25) is 0 Å². The Morgan fingerprint density at radius 1 is 1.29 bits per heavy atom. The summed E-state index contributed by atoms with van der Waals surface area (Å²) in [5.74, 6) is -0.238. The van der Waals surface area contributed by atoms with Crippen molar-refractivity contribution in [3.8, 4) is 0 Å². The maximum absolute atomic E-state index is 12.3. The van der Waals surface area contributed by atoms with Gasteiger partial charge >= 0.3 is 0 Å². The highest BCUT2D eigenvalue weighted by Gasteiger charge is 2.67. The molecule has 0 radical (unpaired) electrons. The van der Waals surface area contributed by atoms with Crippen molar-refractivity contribution in [3.05, 3.63) is 24.3 Å². The van der Waals surface area contributed by atoms with Gasteiger partial charge in [-0.25, -0.2) is 0 Å². The van der Waals surface area contributed by atoms with E-state index < -0.39 is 9.75 Å². The Balaban J connectivity index is 2.14. The second-order valence-electron chi connectivity index (χ2n) is 5.43. The van der Waals surface area contributed by atoms with Crippen molar-refractivity contribution in [2.24, 2.45) is 5.41 Å². The summed E-state index contributed by atoms with van der Waals surface area (Å²) < 4.78 is -1.02. The van der Waals surface area contributed by atoms with Gasteiger partial charge in [-0.1, -0.05) is 12.1 Å². The first-order chi connectivity index (χ1) is 9.67. The minimum Gasteiger partial charge on any atom is -0.339 e. The van der Waals surface area contributed by atoms with Gasteiger partial charge in [-0.2, -0.15) is 0 Å². The number of carbonyl (C=O) groups excluding carboxylic acids is 2. The molecule has 21 heavy (non-hydrogen) atoms. The van der Waals surface area contributed by atoms with Crippen LogP contribution in [-0.4, -0.2) is 34.5 Å². The van der Waals surface area contributed by atoms with Crippen LogP contribution >= 0.6 is 35.0 Å². The summed E-state index contributed by atoms with van der Waals surface area (Å²) in [6.07, 6.45) is 0.418. The van der Waals surface area contributed by atoms with E-state index in [1.54, 1.807) is 39.2 Å². The van der Waals surface area contributed by atoms with Gasteiger partial charge in [0.05, 0.1) is 11.1 Å². The fraction of sp³-hybridized carbons (Fsp3) is 0.429. The van der Waals surface area contributed by atoms with Gasteiger partial charge in [0.25, 0.3) is 5.24 Å². The van der Waals surface area contributed by atoms with E-state index in [9.17, 15) is 9.59 Å². The van der Waals surface area contributed by atoms with Crippen LogP contribution in [-0.2, 0) is 4.79 Å². The lowest BCUT2D eigenvalue weighted by molar-refractivity contribution is -0.120. The number of hydrogen-bond donors (Lipinski definition) is 1. The maximum atomic E-state index is 12.3. The van der Waals surface area contributed by atoms with Gasteiger partial charge in [-0.15, -0.1) is 23.2 Å². The summed E-state index contributed by atoms with van der Waals surface area (Å²) >= 11 is 13.1. The Labute approximate surface area is 138 Å². The highest BCUT2D eigenvalue weighted by Crippen LogP contribution is 2.64. The molecule has 0 heterocycles. The molecular weight excluding hydrogens is 331 g/mol. The summed E-state index contributed by atoms with van der Waals surface area (Å²) in [7, 11) is 3.36. The Morgan fingerprint density at radius 2 is 1.86 bits per heavy atom. The van der Waals surface area contributed by atoms with Crippen LogP contribution in [0.5, 0.6) is 0 Å². The van der Waals surface area contributed by atoms with Crippen molar-refractivity contribution >= 4 is 51.8 Å². The third-order valence-corrected chi connectivity index (χ3v) is 5.67. The van der Waals surface area contributed by atoms with E-state index in [0.717, 1.165) is 11.8 Å². The van der Waals surface area contributed by atoms with Crippen molar-refractivity contribution in [2.45, 2.75) is 22.6 Å². The van der Waals surface area contributed by atoms with Crippen molar-refractivity contribution in [2.75, 3.05) is 19.4 Å². The Hall–Kier alpha value is -0.910. The van der Waals surface area contributed by atoms with E-state index in [-0.39, 0.29) is 11.1 Å². The van der Waals surface area contributed by atoms with Crippen LogP contribution in [0.4, 0.5) is 10.5 Å². The van der Waals surface area contributed by atoms with Gasteiger partial charge in [0.1, 0.15) is 4.33 Å². The second-order valence-corrected chi connectivity index (χ2v) is 7.90. The molecule has 1 aliphatic rings. The Kier molecular flexibility index (Phi) is 4.47. The molecule has 0 bridgehead atoms. The summed E-state index contributed by atoms with van der Waals surface area (Å²) in [5.41, 5.74) is -0.209. The standard InChI is InChI=1S/C14H16Cl2N2O2S/c1-13(8-14(13,15)16)11(19)17-9-6-4-5-7-10(9)21-12(20)18(2)3/h4-7H,8H2,1-3H3,(H,17,19). The average molecular weight is 347 g/mol. The number of nitrogens with one attached hydrogen (secondary N) is 1. The molecule has 0 aromatic heterocycles. The van der Waals surface area contributed by atoms with Gasteiger partial charge in [0.15, 0.2) is 0 Å². The number of carbonyl (C=O) groups is 2. The predicted molar refractivity (Wildman–Crippen MR) is 87.2 cm³/mol. The quantitative estimate of drug-likeness (QED) is 0.665. The van der Waals surface area contributed by atoms with Gasteiger partial charge in [0.2, 0.25) is 5.91 Å². The van der Waals surface area contributed by atoms with Crippen molar-refractivity contribution in [1.29, 1.82) is 0 Å². The molecule has 1 atom stereocenters. The van der Waals surface area contributed by atoms with Crippen molar-refractivity contribution < 1.29 is 9.59 Å². The number of thioether (sulfide) groups is 1. The second kappa shape index (κ2) is 5.71. The van der Waals surface area contributed by atoms with Crippen LogP contribution in [0.25, 0.3) is 0 Å². The van der Waals surface area contributed by atoms with E-state index in [1.807, 2.05) is 6.07 Å². The number of amides is 2. The number of nitrogens with zero attached hydrogens (tertiary/aromatic N) is 1. The van der Waals surface area contributed by atoms with Crippen LogP contribution in [0, 0.1) is 5.41 Å². The smallest absolute Gasteiger partial charge is 0.286 e. The van der Waals surface area contributed by atoms with Crippen LogP contribution in [0.1, 0.15) is 13.3 Å². The molecule has 4 nitrogen and oxygen atoms in total. The minimum absolute atomic E-state index is 0.113. The SMILES string of the molecule is CN(C)C(=O)Sc1ccccc1NC(=O)C1(C)CC1(Cl)Cl. The molecule has 1 aliphatic carbocycles. The van der Waals surface area contributed by atoms with Crippen LogP contribution in [0.15, 0.2) is 29.2 Å². The number of para-hydroxylation sites is 1. The van der Waals surface area contributed by atoms with E-state index in [4.69, 9.17) is 23.2 Å². The number of hydrogen-bond acceptors (Lipinski definition) is 3. The zero-order valence-electron chi connectivity index (χ0n) is 11.9. The topological polar surface area (TPSA) is 49.4 Å². The molecule has 1 fully saturated rings. The number of benzene rings is 1. The molecule has 1 aromatic rings. The number of rotatable bonds is 3. The maximum Gasteiger partial charge on any atom is 0.286 e. The fourth-order valence-corrected chi connectivity index (χ4v) is 3.20. The number of anilines is 1. The molecule has 2 amide bonds. The van der Waals surface area contributed by atoms with Crippen LogP contribution in [0.3, 0.4) is 0 Å². The Morgan fingerprint density at radius 3 is 2.38 bits per heavy atom. The molecule has 114 valence electrons. The van der Waals surface area contributed by atoms with E-state index in [0.29, 0.717) is 17.0 Å². The lowest BCUT2D eigenvalue weighted by Crippen LogP contribution is -2.26. The van der Waals surface area contributed by atoms with E-state index in [2.05, 4.69) is 5.32 Å². The first-order valence-corrected chi connectivity index (χ1v) is 7.92. The first-order valence-electron chi connectivity index (χ1n) is 6.35. The highest BCUT2D eigenvalue weighted by atomic mass is 35.5. The van der Waals surface area contributed by atoms with Crippen molar-refractivity contribution in [1.82, 2.24) is 4.90 Å². The summed E-state index contributed by atoms with van der Waals surface area (Å²) in [5, 5.41) is 2.70. The summed E-state index contributed by atoms with van der Waals surface area (Å²) in [4.78, 5) is 26.3. The third-order valence-electron chi connectivity index (χ3n) is 3.46. The first kappa shape index (κ1) is 16.5. The monoisotopic (exact) mass is 346 g/mol. The molecule has 1 saturated carbocycles. The minimum atomic E-state index is -1.02. The van der Waals surface area contributed by atoms with Gasteiger partial charge < -0.3 is 10.2 Å². The molecule has 0 saturated heterocycles. The largest absolute Gasteiger partial charge is 0.339 e. The zero-order chi connectivity index (χ0) is 15.8. The van der Waals surface area contributed by atoms with Gasteiger partial charge in [-0.3, -0.25) is 9.59 Å². The highest BCUT2D eigenvalue weighted by molar-refractivity contribution is 8.13. The molecule has 1 aromatic carbocycles. The lowest BCUT2D eigenvalue weighted by Gasteiger charge is -2.16. The summed E-state index contributed by atoms with van der Waals surface area (Å²) in [6.45, 7) is 1.73. The number of halogens is 2. The average Bonchev–Trinajstić information content (AvgIpc) is 2.92. The van der Waals surface area contributed by atoms with Crippen LogP contribution < -0.4 is 5.32 Å². The normalized spacial score (nSPS) is 22.5. The zero-order valence-corrected chi connectivity index (χ0v) is 14.3. The molecule has 1 unspecified atom stereocenters. The molecule has 7 heteroatoms. The van der Waals surface area contributed by atoms with Gasteiger partial charge in [0, 0.05) is 19.0 Å². The van der Waals surface area contributed by atoms with E-state index >= 15 is 0 Å². The summed E-state index contributed by atoms with van der Waals surface area (Å²) in [6, 6.07) is 7.14. The lowest BCUT2D eigenvalue weighted by atomic mass is 10.1. The molecule has 2 rings (SSSR count). The molecule has 1 N–H and O–H groups in total. The number of alkyl halides is 2. The van der Waals surface area contributed by atoms with Gasteiger partial charge in [-0.05, 0) is 37.2 Å². The fourth-order valence-electron chi connectivity index (χ4n) is 1.75. The van der Waals surface area contributed by atoms with Crippen molar-refractivity contribution in [3.63, 3.8) is 0 Å².